The van der Waals surface area contributed by atoms with Crippen LogP contribution in [0.4, 0.5) is 4.39 Å². The maximum Gasteiger partial charge on any atom is 0.131 e. The number of hydrogen-bond donors (Lipinski definition) is 3. The van der Waals surface area contributed by atoms with Gasteiger partial charge < -0.3 is 15.5 Å². The summed E-state index contributed by atoms with van der Waals surface area (Å²) in [5, 5.41) is 21.7. The van der Waals surface area contributed by atoms with E-state index in [4.69, 9.17) is 5.11 Å². The fourth-order valence-electron chi connectivity index (χ4n) is 2.07. The summed E-state index contributed by atoms with van der Waals surface area (Å²) in [6.45, 7) is 6.03. The number of benzene rings is 1. The van der Waals surface area contributed by atoms with Crippen LogP contribution in [0.15, 0.2) is 18.2 Å². The molecule has 0 spiro atoms. The molecule has 0 amide bonds. The number of phenols is 1. The molecule has 0 bridgehead atoms. The number of rotatable bonds is 6. The van der Waals surface area contributed by atoms with Crippen molar-refractivity contribution in [1.82, 2.24) is 5.32 Å². The maximum atomic E-state index is 13.7. The fourth-order valence-corrected chi connectivity index (χ4v) is 2.07. The van der Waals surface area contributed by atoms with Crippen LogP contribution in [0.3, 0.4) is 0 Å². The molecule has 1 aromatic carbocycles. The molecule has 3 N–H and O–H groups in total. The van der Waals surface area contributed by atoms with Gasteiger partial charge in [0, 0.05) is 23.7 Å². The van der Waals surface area contributed by atoms with Gasteiger partial charge in [-0.25, -0.2) is 4.39 Å². The zero-order valence-corrected chi connectivity index (χ0v) is 11.2. The first-order chi connectivity index (χ1) is 8.43. The molecule has 0 radical (unpaired) electrons. The fraction of sp³-hybridized carbons (Fsp3) is 0.571. The Hall–Kier alpha value is -1.13. The molecule has 0 aliphatic carbocycles. The highest BCUT2D eigenvalue weighted by atomic mass is 19.1. The molecule has 0 aliphatic rings. The Morgan fingerprint density at radius 1 is 1.28 bits per heavy atom. The van der Waals surface area contributed by atoms with Gasteiger partial charge in [0.15, 0.2) is 0 Å². The topological polar surface area (TPSA) is 52.5 Å². The third kappa shape index (κ3) is 4.27. The average Bonchev–Trinajstić information content (AvgIpc) is 2.27. The van der Waals surface area contributed by atoms with E-state index in [1.54, 1.807) is 6.07 Å². The van der Waals surface area contributed by atoms with Crippen molar-refractivity contribution < 1.29 is 14.6 Å². The standard InChI is InChI=1S/C14H22FNO2/c1-9(2)6-11(8-17)16-10(3)13-5-4-12(18)7-14(13)15/h4-5,7,9-11,16-18H,6,8H2,1-3H3. The van der Waals surface area contributed by atoms with Gasteiger partial charge in [0.2, 0.25) is 0 Å². The van der Waals surface area contributed by atoms with Crippen molar-refractivity contribution in [2.75, 3.05) is 6.61 Å². The number of hydrogen-bond acceptors (Lipinski definition) is 3. The largest absolute Gasteiger partial charge is 0.508 e. The van der Waals surface area contributed by atoms with Gasteiger partial charge in [0.25, 0.3) is 0 Å². The van der Waals surface area contributed by atoms with Gasteiger partial charge in [0.1, 0.15) is 11.6 Å². The van der Waals surface area contributed by atoms with Crippen LogP contribution in [0.2, 0.25) is 0 Å². The predicted octanol–water partition coefficient (Wildman–Crippen LogP) is 2.59. The number of nitrogens with one attached hydrogen (secondary N) is 1. The quantitative estimate of drug-likeness (QED) is 0.732. The van der Waals surface area contributed by atoms with Crippen molar-refractivity contribution in [3.63, 3.8) is 0 Å². The summed E-state index contributed by atoms with van der Waals surface area (Å²) in [4.78, 5) is 0. The molecule has 2 atom stereocenters. The second kappa shape index (κ2) is 6.71. The number of aromatic hydroxyl groups is 1. The van der Waals surface area contributed by atoms with E-state index >= 15 is 0 Å². The van der Waals surface area contributed by atoms with Crippen LogP contribution >= 0.6 is 0 Å². The first kappa shape index (κ1) is 14.9. The molecule has 0 aromatic heterocycles. The van der Waals surface area contributed by atoms with Gasteiger partial charge >= 0.3 is 0 Å². The Balaban J connectivity index is 2.71. The summed E-state index contributed by atoms with van der Waals surface area (Å²) < 4.78 is 13.7. The lowest BCUT2D eigenvalue weighted by molar-refractivity contribution is 0.214. The van der Waals surface area contributed by atoms with Crippen LogP contribution in [-0.2, 0) is 0 Å². The lowest BCUT2D eigenvalue weighted by Gasteiger charge is -2.23. The van der Waals surface area contributed by atoms with Gasteiger partial charge in [-0.15, -0.1) is 0 Å². The van der Waals surface area contributed by atoms with E-state index in [-0.39, 0.29) is 24.4 Å². The molecule has 1 aromatic rings. The molecule has 0 saturated carbocycles. The van der Waals surface area contributed by atoms with Crippen molar-refractivity contribution in [3.05, 3.63) is 29.6 Å². The van der Waals surface area contributed by atoms with Gasteiger partial charge in [-0.2, -0.15) is 0 Å². The SMILES string of the molecule is CC(C)CC(CO)NC(C)c1ccc(O)cc1F. The number of aliphatic hydroxyl groups is 1. The molecular formula is C14H22FNO2. The zero-order valence-electron chi connectivity index (χ0n) is 11.2. The van der Waals surface area contributed by atoms with Crippen LogP contribution in [-0.4, -0.2) is 22.9 Å². The highest BCUT2D eigenvalue weighted by molar-refractivity contribution is 5.29. The average molecular weight is 255 g/mol. The summed E-state index contributed by atoms with van der Waals surface area (Å²) in [7, 11) is 0. The third-order valence-corrected chi connectivity index (χ3v) is 2.91. The molecule has 2 unspecified atom stereocenters. The van der Waals surface area contributed by atoms with E-state index in [0.29, 0.717) is 11.5 Å². The van der Waals surface area contributed by atoms with Gasteiger partial charge in [-0.3, -0.25) is 0 Å². The normalized spacial score (nSPS) is 14.8. The summed E-state index contributed by atoms with van der Waals surface area (Å²) in [5.74, 6) is -0.0490. The monoisotopic (exact) mass is 255 g/mol. The van der Waals surface area contributed by atoms with E-state index in [2.05, 4.69) is 19.2 Å². The van der Waals surface area contributed by atoms with E-state index < -0.39 is 5.82 Å². The highest BCUT2D eigenvalue weighted by Crippen LogP contribution is 2.22. The summed E-state index contributed by atoms with van der Waals surface area (Å²) >= 11 is 0. The third-order valence-electron chi connectivity index (χ3n) is 2.91. The Bertz CT molecular complexity index is 382. The predicted molar refractivity (Wildman–Crippen MR) is 69.9 cm³/mol. The minimum atomic E-state index is -0.434. The zero-order chi connectivity index (χ0) is 13.7. The minimum Gasteiger partial charge on any atom is -0.508 e. The number of aliphatic hydroxyl groups excluding tert-OH is 1. The van der Waals surface area contributed by atoms with Crippen LogP contribution in [0.1, 0.15) is 38.8 Å². The van der Waals surface area contributed by atoms with Gasteiger partial charge in [-0.05, 0) is 25.3 Å². The Morgan fingerprint density at radius 2 is 1.94 bits per heavy atom. The van der Waals surface area contributed by atoms with Crippen LogP contribution in [0.5, 0.6) is 5.75 Å². The summed E-state index contributed by atoms with van der Waals surface area (Å²) in [6, 6.07) is 3.87. The molecule has 1 rings (SSSR count). The molecule has 0 saturated heterocycles. The van der Waals surface area contributed by atoms with E-state index in [9.17, 15) is 9.50 Å². The molecule has 18 heavy (non-hydrogen) atoms. The second-order valence-corrected chi connectivity index (χ2v) is 5.10. The summed E-state index contributed by atoms with van der Waals surface area (Å²) in [6.07, 6.45) is 0.834. The Morgan fingerprint density at radius 3 is 2.44 bits per heavy atom. The van der Waals surface area contributed by atoms with Crippen molar-refractivity contribution in [3.8, 4) is 5.75 Å². The Kier molecular flexibility index (Phi) is 5.56. The van der Waals surface area contributed by atoms with Crippen molar-refractivity contribution in [2.24, 2.45) is 5.92 Å². The van der Waals surface area contributed by atoms with Gasteiger partial charge in [-0.1, -0.05) is 19.9 Å². The molecular weight excluding hydrogens is 233 g/mol. The Labute approximate surface area is 108 Å². The van der Waals surface area contributed by atoms with Crippen LogP contribution in [0, 0.1) is 11.7 Å². The molecule has 102 valence electrons. The molecule has 0 heterocycles. The lowest BCUT2D eigenvalue weighted by atomic mass is 10.0. The summed E-state index contributed by atoms with van der Waals surface area (Å²) in [5.41, 5.74) is 0.495. The van der Waals surface area contributed by atoms with Gasteiger partial charge in [0.05, 0.1) is 6.61 Å². The van der Waals surface area contributed by atoms with Crippen molar-refractivity contribution in [2.45, 2.75) is 39.3 Å². The maximum absolute atomic E-state index is 13.7. The second-order valence-electron chi connectivity index (χ2n) is 5.10. The smallest absolute Gasteiger partial charge is 0.131 e. The first-order valence-corrected chi connectivity index (χ1v) is 6.29. The van der Waals surface area contributed by atoms with E-state index in [1.165, 1.54) is 6.07 Å². The van der Waals surface area contributed by atoms with E-state index in [1.807, 2.05) is 6.92 Å². The number of phenolic OH excluding ortho intramolecular Hbond substituents is 1. The molecule has 3 nitrogen and oxygen atoms in total. The molecule has 4 heteroatoms. The lowest BCUT2D eigenvalue weighted by Crippen LogP contribution is -2.35. The highest BCUT2D eigenvalue weighted by Gasteiger charge is 2.16. The van der Waals surface area contributed by atoms with Crippen LogP contribution < -0.4 is 5.32 Å². The minimum absolute atomic E-state index is 0.0300. The number of halogens is 1. The van der Waals surface area contributed by atoms with Crippen molar-refractivity contribution in [1.29, 1.82) is 0 Å². The van der Waals surface area contributed by atoms with E-state index in [0.717, 1.165) is 12.5 Å². The van der Waals surface area contributed by atoms with Crippen molar-refractivity contribution >= 4 is 0 Å². The van der Waals surface area contributed by atoms with Crippen LogP contribution in [0.25, 0.3) is 0 Å². The first-order valence-electron chi connectivity index (χ1n) is 6.29. The molecule has 0 aliphatic heterocycles. The molecule has 0 fully saturated rings.